The van der Waals surface area contributed by atoms with E-state index in [1.165, 1.54) is 0 Å². The first-order valence-electron chi connectivity index (χ1n) is 13.4. The molecule has 3 unspecified atom stereocenters. The van der Waals surface area contributed by atoms with Crippen LogP contribution in [0.3, 0.4) is 0 Å². The van der Waals surface area contributed by atoms with Gasteiger partial charge in [-0.1, -0.05) is 61.7 Å². The maximum atomic E-state index is 14.1. The predicted molar refractivity (Wildman–Crippen MR) is 151 cm³/mol. The second-order valence-electron chi connectivity index (χ2n) is 10.5. The van der Waals surface area contributed by atoms with Crippen LogP contribution in [0.15, 0.2) is 54.6 Å². The van der Waals surface area contributed by atoms with Gasteiger partial charge in [0.2, 0.25) is 17.7 Å². The number of rotatable bonds is 10. The SMILES string of the molecule is CC1C[C@@H]2SC13C(C(=O)Nc1ccccc1Cl)N(CCCCCCO)C(=O)[C@@H]3[C@@H]2C(=O)Nc1ccccc1. The van der Waals surface area contributed by atoms with Crippen LogP contribution in [0.4, 0.5) is 11.4 Å². The zero-order valence-electron chi connectivity index (χ0n) is 21.4. The van der Waals surface area contributed by atoms with Crippen LogP contribution in [-0.2, 0) is 14.4 Å². The number of thioether (sulfide) groups is 1. The van der Waals surface area contributed by atoms with E-state index in [0.717, 1.165) is 25.7 Å². The first-order valence-corrected chi connectivity index (χ1v) is 14.6. The van der Waals surface area contributed by atoms with Crippen molar-refractivity contribution in [1.82, 2.24) is 4.90 Å². The highest BCUT2D eigenvalue weighted by Crippen LogP contribution is 2.68. The van der Waals surface area contributed by atoms with E-state index in [-0.39, 0.29) is 35.5 Å². The van der Waals surface area contributed by atoms with Crippen molar-refractivity contribution in [2.75, 3.05) is 23.8 Å². The van der Waals surface area contributed by atoms with E-state index in [4.69, 9.17) is 16.7 Å². The highest BCUT2D eigenvalue weighted by Gasteiger charge is 2.75. The molecule has 0 saturated carbocycles. The van der Waals surface area contributed by atoms with Gasteiger partial charge >= 0.3 is 0 Å². The van der Waals surface area contributed by atoms with Gasteiger partial charge in [-0.3, -0.25) is 14.4 Å². The summed E-state index contributed by atoms with van der Waals surface area (Å²) in [5, 5.41) is 15.6. The molecule has 9 heteroatoms. The smallest absolute Gasteiger partial charge is 0.248 e. The number of halogens is 1. The van der Waals surface area contributed by atoms with Crippen molar-refractivity contribution in [2.24, 2.45) is 17.8 Å². The molecule has 3 N–H and O–H groups in total. The topological polar surface area (TPSA) is 98.7 Å². The molecule has 6 atom stereocenters. The molecule has 3 heterocycles. The molecular weight excluding hydrogens is 522 g/mol. The molecule has 3 amide bonds. The maximum Gasteiger partial charge on any atom is 0.248 e. The molecule has 1 spiro atoms. The fraction of sp³-hybridized carbons (Fsp3) is 0.483. The van der Waals surface area contributed by atoms with Crippen LogP contribution < -0.4 is 10.6 Å². The lowest BCUT2D eigenvalue weighted by Crippen LogP contribution is -2.54. The van der Waals surface area contributed by atoms with Crippen LogP contribution in [-0.4, -0.2) is 56.9 Å². The van der Waals surface area contributed by atoms with Gasteiger partial charge in [-0.2, -0.15) is 0 Å². The van der Waals surface area contributed by atoms with E-state index in [9.17, 15) is 14.4 Å². The number of hydrogen-bond donors (Lipinski definition) is 3. The summed E-state index contributed by atoms with van der Waals surface area (Å²) in [4.78, 5) is 43.4. The van der Waals surface area contributed by atoms with Crippen LogP contribution in [0.2, 0.25) is 5.02 Å². The normalized spacial score (nSPS) is 29.4. The van der Waals surface area contributed by atoms with Gasteiger partial charge < -0.3 is 20.6 Å². The molecule has 3 fully saturated rings. The number of carbonyl (C=O) groups excluding carboxylic acids is 3. The Bertz CT molecular complexity index is 1200. The summed E-state index contributed by atoms with van der Waals surface area (Å²) in [7, 11) is 0. The molecule has 0 radical (unpaired) electrons. The van der Waals surface area contributed by atoms with Crippen LogP contribution in [0.5, 0.6) is 0 Å². The number of anilines is 2. The van der Waals surface area contributed by atoms with E-state index in [2.05, 4.69) is 17.6 Å². The lowest BCUT2D eigenvalue weighted by Gasteiger charge is -2.38. The third kappa shape index (κ3) is 4.71. The Balaban J connectivity index is 1.46. The maximum absolute atomic E-state index is 14.1. The monoisotopic (exact) mass is 555 g/mol. The van der Waals surface area contributed by atoms with Gasteiger partial charge in [-0.15, -0.1) is 11.8 Å². The molecule has 7 nitrogen and oxygen atoms in total. The highest BCUT2D eigenvalue weighted by molar-refractivity contribution is 8.02. The lowest BCUT2D eigenvalue weighted by atomic mass is 9.66. The number of fused-ring (bicyclic) bond motifs is 1. The quantitative estimate of drug-likeness (QED) is 0.366. The van der Waals surface area contributed by atoms with Gasteiger partial charge in [-0.05, 0) is 49.4 Å². The molecule has 2 aromatic carbocycles. The molecular formula is C29H34ClN3O4S. The van der Waals surface area contributed by atoms with Crippen molar-refractivity contribution in [3.05, 3.63) is 59.6 Å². The highest BCUT2D eigenvalue weighted by atomic mass is 35.5. The molecule has 5 rings (SSSR count). The lowest BCUT2D eigenvalue weighted by molar-refractivity contribution is -0.138. The summed E-state index contributed by atoms with van der Waals surface area (Å²) in [6.45, 7) is 2.69. The molecule has 202 valence electrons. The number of hydrogen-bond acceptors (Lipinski definition) is 5. The number of aliphatic hydroxyl groups is 1. The van der Waals surface area contributed by atoms with E-state index in [0.29, 0.717) is 29.4 Å². The molecule has 38 heavy (non-hydrogen) atoms. The number of nitrogens with one attached hydrogen (secondary N) is 2. The Morgan fingerprint density at radius 3 is 2.47 bits per heavy atom. The number of unbranched alkanes of at least 4 members (excludes halogenated alkanes) is 3. The number of likely N-dealkylation sites (tertiary alicyclic amines) is 1. The number of aliphatic hydroxyl groups excluding tert-OH is 1. The molecule has 3 aliphatic heterocycles. The van der Waals surface area contributed by atoms with Crippen molar-refractivity contribution in [3.63, 3.8) is 0 Å². The molecule has 0 aliphatic carbocycles. The van der Waals surface area contributed by atoms with Crippen molar-refractivity contribution in [3.8, 4) is 0 Å². The average molecular weight is 556 g/mol. The van der Waals surface area contributed by atoms with Gasteiger partial charge in [0.15, 0.2) is 0 Å². The molecule has 3 aliphatic rings. The zero-order valence-corrected chi connectivity index (χ0v) is 23.0. The van der Waals surface area contributed by atoms with Gasteiger partial charge in [0, 0.05) is 24.1 Å². The van der Waals surface area contributed by atoms with E-state index >= 15 is 0 Å². The summed E-state index contributed by atoms with van der Waals surface area (Å²) in [5.74, 6) is -1.50. The third-order valence-electron chi connectivity index (χ3n) is 8.28. The number of benzene rings is 2. The predicted octanol–water partition coefficient (Wildman–Crippen LogP) is 4.81. The van der Waals surface area contributed by atoms with Gasteiger partial charge in [0.1, 0.15) is 6.04 Å². The number of nitrogens with zero attached hydrogens (tertiary/aromatic N) is 1. The minimum atomic E-state index is -0.700. The van der Waals surface area contributed by atoms with Crippen LogP contribution in [0, 0.1) is 17.8 Å². The average Bonchev–Trinajstić information content (AvgIpc) is 3.49. The van der Waals surface area contributed by atoms with E-state index in [1.807, 2.05) is 36.4 Å². The Labute approximate surface area is 232 Å². The first kappa shape index (κ1) is 27.0. The Hall–Kier alpha value is -2.55. The summed E-state index contributed by atoms with van der Waals surface area (Å²) in [6.07, 6.45) is 3.94. The van der Waals surface area contributed by atoms with Gasteiger partial charge in [0.05, 0.1) is 27.3 Å². The Kier molecular flexibility index (Phi) is 8.03. The summed E-state index contributed by atoms with van der Waals surface area (Å²) >= 11 is 8.02. The van der Waals surface area contributed by atoms with Gasteiger partial charge in [0.25, 0.3) is 0 Å². The summed E-state index contributed by atoms with van der Waals surface area (Å²) < 4.78 is -0.684. The second-order valence-corrected chi connectivity index (χ2v) is 12.5. The Morgan fingerprint density at radius 1 is 1.03 bits per heavy atom. The van der Waals surface area contributed by atoms with E-state index < -0.39 is 22.6 Å². The molecule has 3 saturated heterocycles. The van der Waals surface area contributed by atoms with Crippen molar-refractivity contribution < 1.29 is 19.5 Å². The van der Waals surface area contributed by atoms with E-state index in [1.54, 1.807) is 34.9 Å². The number of para-hydroxylation sites is 2. The summed E-state index contributed by atoms with van der Waals surface area (Å²) in [5.41, 5.74) is 1.21. The standard InChI is InChI=1S/C29H34ClN3O4S/c1-18-17-22-23(26(35)31-19-11-5-4-6-12-19)24-28(37)33(15-9-2-3-10-16-34)25(29(18,24)38-22)27(36)32-21-14-8-7-13-20(21)30/h4-8,11-14,18,22-25,34H,2-3,9-10,15-17H2,1H3,(H,31,35)(H,32,36)/t18?,22-,23+,24-,25?,29?/m0/s1. The fourth-order valence-corrected chi connectivity index (χ4v) is 9.22. The second kappa shape index (κ2) is 11.3. The van der Waals surface area contributed by atoms with Crippen LogP contribution in [0.1, 0.15) is 39.0 Å². The first-order chi connectivity index (χ1) is 18.4. The van der Waals surface area contributed by atoms with Gasteiger partial charge in [-0.25, -0.2) is 0 Å². The Morgan fingerprint density at radius 2 is 1.74 bits per heavy atom. The fourth-order valence-electron chi connectivity index (χ4n) is 6.62. The molecule has 2 bridgehead atoms. The minimum absolute atomic E-state index is 0.0232. The third-order valence-corrected chi connectivity index (χ3v) is 10.7. The van der Waals surface area contributed by atoms with Crippen molar-refractivity contribution in [2.45, 2.75) is 55.1 Å². The number of amides is 3. The number of carbonyl (C=O) groups is 3. The summed E-state index contributed by atoms with van der Waals surface area (Å²) in [6, 6.07) is 15.7. The molecule has 2 aromatic rings. The van der Waals surface area contributed by atoms with Crippen molar-refractivity contribution in [1.29, 1.82) is 0 Å². The molecule has 0 aromatic heterocycles. The van der Waals surface area contributed by atoms with Crippen LogP contribution >= 0.6 is 23.4 Å². The van der Waals surface area contributed by atoms with Crippen molar-refractivity contribution >= 4 is 52.5 Å². The largest absolute Gasteiger partial charge is 0.396 e. The zero-order chi connectivity index (χ0) is 26.9. The minimum Gasteiger partial charge on any atom is -0.396 e. The van der Waals surface area contributed by atoms with Crippen LogP contribution in [0.25, 0.3) is 0 Å².